The first-order chi connectivity index (χ1) is 15.0. The molecule has 9 heteroatoms. The molecule has 2 amide bonds. The lowest BCUT2D eigenvalue weighted by molar-refractivity contribution is 0.0628. The fourth-order valence-corrected chi connectivity index (χ4v) is 4.54. The highest BCUT2D eigenvalue weighted by Gasteiger charge is 2.40. The number of piperidine rings is 1. The molecule has 4 heterocycles. The molecule has 1 aromatic carbocycles. The van der Waals surface area contributed by atoms with Gasteiger partial charge in [0.25, 0.3) is 5.91 Å². The smallest absolute Gasteiger partial charge is 0.410 e. The van der Waals surface area contributed by atoms with Gasteiger partial charge in [-0.05, 0) is 32.3 Å². The van der Waals surface area contributed by atoms with Crippen LogP contribution in [0.2, 0.25) is 0 Å². The summed E-state index contributed by atoms with van der Waals surface area (Å²) in [7, 11) is 0. The highest BCUT2D eigenvalue weighted by atomic mass is 16.6. The number of carbonyl (C=O) groups is 2. The van der Waals surface area contributed by atoms with Crippen molar-refractivity contribution in [2.45, 2.75) is 38.8 Å². The summed E-state index contributed by atoms with van der Waals surface area (Å²) in [6.45, 7) is 5.17. The lowest BCUT2D eigenvalue weighted by Crippen LogP contribution is -2.48. The fraction of sp³-hybridized carbons (Fsp3) is 0.409. The van der Waals surface area contributed by atoms with Gasteiger partial charge in [0.1, 0.15) is 6.61 Å². The number of cyclic esters (lactones) is 1. The van der Waals surface area contributed by atoms with Crippen molar-refractivity contribution >= 4 is 17.6 Å². The molecule has 0 spiro atoms. The predicted molar refractivity (Wildman–Crippen MR) is 112 cm³/mol. The van der Waals surface area contributed by atoms with Gasteiger partial charge in [0.05, 0.1) is 17.4 Å². The minimum atomic E-state index is -0.278. The monoisotopic (exact) mass is 420 g/mol. The molecule has 0 bridgehead atoms. The Morgan fingerprint density at radius 3 is 2.58 bits per heavy atom. The second-order valence-electron chi connectivity index (χ2n) is 8.12. The third-order valence-corrected chi connectivity index (χ3v) is 6.17. The van der Waals surface area contributed by atoms with Gasteiger partial charge in [0.15, 0.2) is 11.3 Å². The maximum atomic E-state index is 13.1. The van der Waals surface area contributed by atoms with Crippen LogP contribution in [0.25, 0.3) is 5.65 Å². The van der Waals surface area contributed by atoms with Gasteiger partial charge in [-0.15, -0.1) is 10.2 Å². The molecule has 5 rings (SSSR count). The number of hydrogen-bond acceptors (Lipinski definition) is 6. The van der Waals surface area contributed by atoms with Gasteiger partial charge < -0.3 is 9.64 Å². The third kappa shape index (κ3) is 3.39. The van der Waals surface area contributed by atoms with Crippen LogP contribution in [0, 0.1) is 13.8 Å². The second kappa shape index (κ2) is 7.64. The van der Waals surface area contributed by atoms with E-state index in [1.807, 2.05) is 55.1 Å². The zero-order valence-electron chi connectivity index (χ0n) is 17.6. The van der Waals surface area contributed by atoms with E-state index in [1.54, 1.807) is 9.42 Å². The lowest BCUT2D eigenvalue weighted by Gasteiger charge is -2.37. The number of aromatic nitrogens is 4. The molecular formula is C22H24N6O3. The summed E-state index contributed by atoms with van der Waals surface area (Å²) >= 11 is 0. The number of ether oxygens (including phenoxy) is 1. The molecule has 0 aliphatic carbocycles. The fourth-order valence-electron chi connectivity index (χ4n) is 4.54. The van der Waals surface area contributed by atoms with E-state index in [0.717, 1.165) is 11.3 Å². The van der Waals surface area contributed by atoms with Gasteiger partial charge in [-0.2, -0.15) is 5.10 Å². The van der Waals surface area contributed by atoms with Gasteiger partial charge in [0, 0.05) is 25.2 Å². The summed E-state index contributed by atoms with van der Waals surface area (Å²) in [5, 5.41) is 12.7. The summed E-state index contributed by atoms with van der Waals surface area (Å²) in [5.74, 6) is -0.151. The highest BCUT2D eigenvalue weighted by Crippen LogP contribution is 2.33. The van der Waals surface area contributed by atoms with Gasteiger partial charge >= 0.3 is 6.09 Å². The van der Waals surface area contributed by atoms with Crippen molar-refractivity contribution in [2.24, 2.45) is 0 Å². The van der Waals surface area contributed by atoms with Crippen LogP contribution in [0.5, 0.6) is 0 Å². The highest BCUT2D eigenvalue weighted by molar-refractivity contribution is 5.93. The van der Waals surface area contributed by atoms with Crippen LogP contribution in [0.15, 0.2) is 36.4 Å². The Morgan fingerprint density at radius 1 is 1.10 bits per heavy atom. The molecule has 0 N–H and O–H groups in total. The topological polar surface area (TPSA) is 92.9 Å². The van der Waals surface area contributed by atoms with Crippen LogP contribution in [-0.2, 0) is 4.74 Å². The maximum absolute atomic E-state index is 13.1. The molecule has 31 heavy (non-hydrogen) atoms. The molecule has 2 saturated heterocycles. The van der Waals surface area contributed by atoms with Crippen LogP contribution >= 0.6 is 0 Å². The second-order valence-corrected chi connectivity index (χ2v) is 8.12. The standard InChI is InChI=1S/C22H24N6O3/c1-14-12-19-23-24-20(15(2)28(19)25-14)21(29)26-10-8-17(9-11-26)27-18(13-31-22(27)30)16-6-4-3-5-7-16/h3-7,12,17-18H,8-11,13H2,1-2H3/t18-/m0/s1. The minimum Gasteiger partial charge on any atom is -0.447 e. The van der Waals surface area contributed by atoms with Crippen molar-refractivity contribution in [3.05, 3.63) is 59.0 Å². The van der Waals surface area contributed by atoms with Crippen LogP contribution in [0.4, 0.5) is 4.79 Å². The van der Waals surface area contributed by atoms with E-state index in [9.17, 15) is 9.59 Å². The summed E-state index contributed by atoms with van der Waals surface area (Å²) in [4.78, 5) is 29.2. The zero-order chi connectivity index (χ0) is 21.5. The predicted octanol–water partition coefficient (Wildman–Crippen LogP) is 2.54. The number of aryl methyl sites for hydroxylation is 2. The summed E-state index contributed by atoms with van der Waals surface area (Å²) in [6, 6.07) is 11.7. The number of likely N-dealkylation sites (tertiary alicyclic amines) is 1. The van der Waals surface area contributed by atoms with Crippen LogP contribution in [0.3, 0.4) is 0 Å². The van der Waals surface area contributed by atoms with Gasteiger partial charge in [-0.25, -0.2) is 9.31 Å². The number of fused-ring (bicyclic) bond motifs is 1. The molecule has 3 aromatic rings. The number of hydrogen-bond donors (Lipinski definition) is 0. The summed E-state index contributed by atoms with van der Waals surface area (Å²) in [5.41, 5.74) is 3.52. The number of amides is 2. The Bertz CT molecular complexity index is 1140. The third-order valence-electron chi connectivity index (χ3n) is 6.17. The van der Waals surface area contributed by atoms with E-state index in [1.165, 1.54) is 0 Å². The molecular weight excluding hydrogens is 396 g/mol. The quantitative estimate of drug-likeness (QED) is 0.647. The Balaban J connectivity index is 1.30. The molecule has 2 aromatic heterocycles. The molecule has 2 aliphatic rings. The number of carbonyl (C=O) groups excluding carboxylic acids is 2. The maximum Gasteiger partial charge on any atom is 0.410 e. The molecule has 0 saturated carbocycles. The van der Waals surface area contributed by atoms with E-state index in [0.29, 0.717) is 49.6 Å². The van der Waals surface area contributed by atoms with Crippen molar-refractivity contribution in [1.82, 2.24) is 29.6 Å². The van der Waals surface area contributed by atoms with E-state index in [-0.39, 0.29) is 24.1 Å². The normalized spacial score (nSPS) is 19.8. The SMILES string of the molecule is Cc1cc2nnc(C(=O)N3CCC(N4C(=O)OC[C@H]4c4ccccc4)CC3)c(C)n2n1. The molecule has 1 atom stereocenters. The Morgan fingerprint density at radius 2 is 1.84 bits per heavy atom. The molecule has 2 fully saturated rings. The molecule has 2 aliphatic heterocycles. The Hall–Kier alpha value is -3.49. The molecule has 160 valence electrons. The van der Waals surface area contributed by atoms with Crippen molar-refractivity contribution in [1.29, 1.82) is 0 Å². The number of nitrogens with zero attached hydrogens (tertiary/aromatic N) is 6. The number of rotatable bonds is 3. The van der Waals surface area contributed by atoms with E-state index < -0.39 is 0 Å². The first-order valence-corrected chi connectivity index (χ1v) is 10.5. The van der Waals surface area contributed by atoms with Gasteiger partial charge in [-0.1, -0.05) is 30.3 Å². The van der Waals surface area contributed by atoms with Crippen LogP contribution < -0.4 is 0 Å². The zero-order valence-corrected chi connectivity index (χ0v) is 17.6. The van der Waals surface area contributed by atoms with Crippen molar-refractivity contribution in [3.8, 4) is 0 Å². The molecule has 0 radical (unpaired) electrons. The largest absolute Gasteiger partial charge is 0.447 e. The summed E-state index contributed by atoms with van der Waals surface area (Å²) in [6.07, 6.45) is 1.11. The average Bonchev–Trinajstić information content (AvgIpc) is 3.37. The minimum absolute atomic E-state index is 0.0349. The van der Waals surface area contributed by atoms with E-state index in [4.69, 9.17) is 4.74 Å². The first kappa shape index (κ1) is 19.5. The molecule has 0 unspecified atom stereocenters. The lowest BCUT2D eigenvalue weighted by atomic mass is 9.99. The van der Waals surface area contributed by atoms with Crippen LogP contribution in [-0.4, -0.2) is 67.3 Å². The average molecular weight is 420 g/mol. The van der Waals surface area contributed by atoms with Crippen LogP contribution in [0.1, 0.15) is 46.3 Å². The van der Waals surface area contributed by atoms with Crippen molar-refractivity contribution < 1.29 is 14.3 Å². The first-order valence-electron chi connectivity index (χ1n) is 10.5. The van der Waals surface area contributed by atoms with E-state index >= 15 is 0 Å². The number of benzene rings is 1. The molecule has 9 nitrogen and oxygen atoms in total. The van der Waals surface area contributed by atoms with E-state index in [2.05, 4.69) is 15.3 Å². The van der Waals surface area contributed by atoms with Gasteiger partial charge in [-0.3, -0.25) is 9.69 Å². The van der Waals surface area contributed by atoms with Crippen molar-refractivity contribution in [3.63, 3.8) is 0 Å². The van der Waals surface area contributed by atoms with Crippen molar-refractivity contribution in [2.75, 3.05) is 19.7 Å². The van der Waals surface area contributed by atoms with Gasteiger partial charge in [0.2, 0.25) is 0 Å². The summed E-state index contributed by atoms with van der Waals surface area (Å²) < 4.78 is 7.03. The Labute approximate surface area is 179 Å². The Kier molecular flexibility index (Phi) is 4.80.